The second-order valence-electron chi connectivity index (χ2n) is 3.83. The van der Waals surface area contributed by atoms with Gasteiger partial charge in [0.25, 0.3) is 0 Å². The molecule has 1 aliphatic heterocycles. The number of urea groups is 1. The number of carbonyl (C=O) groups excluding carboxylic acids is 3. The quantitative estimate of drug-likeness (QED) is 0.494. The minimum Gasteiger partial charge on any atom is -0.378 e. The average molecular weight is 258 g/mol. The number of imide groups is 1. The molecule has 0 saturated carbocycles. The molecule has 102 valence electrons. The van der Waals surface area contributed by atoms with Crippen LogP contribution in [0.5, 0.6) is 0 Å². The lowest BCUT2D eigenvalue weighted by atomic mass is 10.3. The van der Waals surface area contributed by atoms with E-state index < -0.39 is 11.9 Å². The Hall–Kier alpha value is -1.67. The van der Waals surface area contributed by atoms with Crippen LogP contribution in [0.15, 0.2) is 0 Å². The SMILES string of the molecule is NC(=O)NC(=O)CNCCC(=O)N1CCOCC1. The number of hydrogen-bond acceptors (Lipinski definition) is 5. The van der Waals surface area contributed by atoms with Gasteiger partial charge in [0.15, 0.2) is 0 Å². The number of ether oxygens (including phenoxy) is 1. The van der Waals surface area contributed by atoms with Crippen molar-refractivity contribution in [2.24, 2.45) is 5.73 Å². The van der Waals surface area contributed by atoms with Crippen LogP contribution in [0.1, 0.15) is 6.42 Å². The van der Waals surface area contributed by atoms with Crippen LogP contribution in [0.3, 0.4) is 0 Å². The zero-order valence-corrected chi connectivity index (χ0v) is 10.1. The molecule has 0 unspecified atom stereocenters. The van der Waals surface area contributed by atoms with Crippen LogP contribution in [0.25, 0.3) is 0 Å². The second-order valence-corrected chi connectivity index (χ2v) is 3.83. The van der Waals surface area contributed by atoms with Crippen molar-refractivity contribution in [3.05, 3.63) is 0 Å². The lowest BCUT2D eigenvalue weighted by Crippen LogP contribution is -2.43. The molecular formula is C10H18N4O4. The first kappa shape index (κ1) is 14.4. The van der Waals surface area contributed by atoms with Gasteiger partial charge in [0.1, 0.15) is 0 Å². The highest BCUT2D eigenvalue weighted by Gasteiger charge is 2.16. The number of carbonyl (C=O) groups is 3. The topological polar surface area (TPSA) is 114 Å². The van der Waals surface area contributed by atoms with Crippen molar-refractivity contribution in [3.8, 4) is 0 Å². The number of nitrogens with one attached hydrogen (secondary N) is 2. The van der Waals surface area contributed by atoms with Gasteiger partial charge in [-0.25, -0.2) is 4.79 Å². The summed E-state index contributed by atoms with van der Waals surface area (Å²) in [5, 5.41) is 4.68. The van der Waals surface area contributed by atoms with E-state index in [1.54, 1.807) is 4.90 Å². The number of amides is 4. The number of morpholine rings is 1. The number of nitrogens with zero attached hydrogens (tertiary/aromatic N) is 1. The summed E-state index contributed by atoms with van der Waals surface area (Å²) >= 11 is 0. The predicted molar refractivity (Wildman–Crippen MR) is 62.6 cm³/mol. The Morgan fingerprint density at radius 3 is 2.50 bits per heavy atom. The van der Waals surface area contributed by atoms with E-state index in [1.165, 1.54) is 0 Å². The molecule has 1 saturated heterocycles. The maximum atomic E-state index is 11.7. The molecule has 8 nitrogen and oxygen atoms in total. The maximum Gasteiger partial charge on any atom is 0.318 e. The fourth-order valence-electron chi connectivity index (χ4n) is 1.55. The summed E-state index contributed by atoms with van der Waals surface area (Å²) in [7, 11) is 0. The van der Waals surface area contributed by atoms with Gasteiger partial charge in [-0.1, -0.05) is 0 Å². The lowest BCUT2D eigenvalue weighted by Gasteiger charge is -2.26. The van der Waals surface area contributed by atoms with E-state index in [2.05, 4.69) is 5.32 Å². The fourth-order valence-corrected chi connectivity index (χ4v) is 1.55. The molecule has 1 aliphatic rings. The van der Waals surface area contributed by atoms with Crippen LogP contribution < -0.4 is 16.4 Å². The van der Waals surface area contributed by atoms with Gasteiger partial charge >= 0.3 is 6.03 Å². The van der Waals surface area contributed by atoms with Gasteiger partial charge in [0, 0.05) is 26.1 Å². The maximum absolute atomic E-state index is 11.7. The van der Waals surface area contributed by atoms with Gasteiger partial charge in [0.05, 0.1) is 19.8 Å². The van der Waals surface area contributed by atoms with Crippen LogP contribution in [0, 0.1) is 0 Å². The largest absolute Gasteiger partial charge is 0.378 e. The molecule has 0 spiro atoms. The van der Waals surface area contributed by atoms with Crippen molar-refractivity contribution in [2.75, 3.05) is 39.4 Å². The van der Waals surface area contributed by atoms with Crippen LogP contribution in [0.4, 0.5) is 4.79 Å². The first-order valence-corrected chi connectivity index (χ1v) is 5.75. The Labute approximate surface area is 105 Å². The Morgan fingerprint density at radius 2 is 1.89 bits per heavy atom. The van der Waals surface area contributed by atoms with Gasteiger partial charge in [-0.05, 0) is 0 Å². The third-order valence-electron chi connectivity index (χ3n) is 2.43. The summed E-state index contributed by atoms with van der Waals surface area (Å²) in [6.07, 6.45) is 0.309. The molecule has 1 heterocycles. The summed E-state index contributed by atoms with van der Waals surface area (Å²) in [6.45, 7) is 2.70. The van der Waals surface area contributed by atoms with Crippen molar-refractivity contribution in [2.45, 2.75) is 6.42 Å². The van der Waals surface area contributed by atoms with Crippen LogP contribution in [-0.2, 0) is 14.3 Å². The summed E-state index contributed by atoms with van der Waals surface area (Å²) in [5.41, 5.74) is 4.77. The van der Waals surface area contributed by atoms with E-state index in [-0.39, 0.29) is 12.5 Å². The van der Waals surface area contributed by atoms with Crippen molar-refractivity contribution >= 4 is 17.8 Å². The normalized spacial score (nSPS) is 15.2. The van der Waals surface area contributed by atoms with Crippen molar-refractivity contribution < 1.29 is 19.1 Å². The highest BCUT2D eigenvalue weighted by atomic mass is 16.5. The Bertz CT molecular complexity index is 315. The standard InChI is InChI=1S/C10H18N4O4/c11-10(17)13-8(15)7-12-2-1-9(16)14-3-5-18-6-4-14/h12H,1-7H2,(H3,11,13,15,17). The molecule has 0 bridgehead atoms. The summed E-state index contributed by atoms with van der Waals surface area (Å²) in [6, 6.07) is -0.883. The average Bonchev–Trinajstić information content (AvgIpc) is 2.34. The summed E-state index contributed by atoms with van der Waals surface area (Å²) < 4.78 is 5.14. The Kier molecular flexibility index (Phi) is 6.09. The molecule has 0 aromatic heterocycles. The fraction of sp³-hybridized carbons (Fsp3) is 0.700. The number of nitrogens with two attached hydrogens (primary N) is 1. The van der Waals surface area contributed by atoms with Crippen LogP contribution >= 0.6 is 0 Å². The second kappa shape index (κ2) is 7.62. The predicted octanol–water partition coefficient (Wildman–Crippen LogP) is -1.98. The third kappa shape index (κ3) is 5.60. The molecule has 4 amide bonds. The monoisotopic (exact) mass is 258 g/mol. The molecule has 1 fully saturated rings. The minimum atomic E-state index is -0.883. The molecule has 0 atom stereocenters. The number of primary amides is 1. The first-order valence-electron chi connectivity index (χ1n) is 5.75. The van der Waals surface area contributed by atoms with Gasteiger partial charge in [-0.2, -0.15) is 0 Å². The van der Waals surface area contributed by atoms with Gasteiger partial charge in [0.2, 0.25) is 11.8 Å². The van der Waals surface area contributed by atoms with E-state index in [1.807, 2.05) is 5.32 Å². The van der Waals surface area contributed by atoms with Crippen LogP contribution in [-0.4, -0.2) is 62.1 Å². The number of hydrogen-bond donors (Lipinski definition) is 3. The Morgan fingerprint density at radius 1 is 1.22 bits per heavy atom. The molecule has 0 radical (unpaired) electrons. The van der Waals surface area contributed by atoms with Gasteiger partial charge < -0.3 is 20.7 Å². The smallest absolute Gasteiger partial charge is 0.318 e. The van der Waals surface area contributed by atoms with E-state index >= 15 is 0 Å². The van der Waals surface area contributed by atoms with E-state index in [0.717, 1.165) is 0 Å². The van der Waals surface area contributed by atoms with Gasteiger partial charge in [-0.3, -0.25) is 14.9 Å². The molecular weight excluding hydrogens is 240 g/mol. The molecule has 0 aliphatic carbocycles. The minimum absolute atomic E-state index is 0.0288. The van der Waals surface area contributed by atoms with Crippen LogP contribution in [0.2, 0.25) is 0 Å². The van der Waals surface area contributed by atoms with E-state index in [0.29, 0.717) is 39.3 Å². The van der Waals surface area contributed by atoms with E-state index in [4.69, 9.17) is 10.5 Å². The Balaban J connectivity index is 2.08. The molecule has 18 heavy (non-hydrogen) atoms. The highest BCUT2D eigenvalue weighted by molar-refractivity contribution is 5.94. The summed E-state index contributed by atoms with van der Waals surface area (Å²) in [5.74, 6) is -0.484. The van der Waals surface area contributed by atoms with Gasteiger partial charge in [-0.15, -0.1) is 0 Å². The summed E-state index contributed by atoms with van der Waals surface area (Å²) in [4.78, 5) is 34.8. The molecule has 4 N–H and O–H groups in total. The number of rotatable bonds is 5. The zero-order chi connectivity index (χ0) is 13.4. The van der Waals surface area contributed by atoms with Crippen molar-refractivity contribution in [3.63, 3.8) is 0 Å². The molecule has 0 aromatic carbocycles. The van der Waals surface area contributed by atoms with E-state index in [9.17, 15) is 14.4 Å². The third-order valence-corrected chi connectivity index (χ3v) is 2.43. The lowest BCUT2D eigenvalue weighted by molar-refractivity contribution is -0.135. The van der Waals surface area contributed by atoms with Crippen molar-refractivity contribution in [1.29, 1.82) is 0 Å². The molecule has 8 heteroatoms. The molecule has 0 aromatic rings. The zero-order valence-electron chi connectivity index (χ0n) is 10.1. The first-order chi connectivity index (χ1) is 8.59. The highest BCUT2D eigenvalue weighted by Crippen LogP contribution is 1.99. The van der Waals surface area contributed by atoms with Crippen molar-refractivity contribution in [1.82, 2.24) is 15.5 Å². The molecule has 1 rings (SSSR count).